The van der Waals surface area contributed by atoms with Crippen molar-refractivity contribution < 1.29 is 90.0 Å². The van der Waals surface area contributed by atoms with E-state index in [1.807, 2.05) is 0 Å². The zero-order valence-electron chi connectivity index (χ0n) is 21.0. The molecular weight excluding hydrogens is 544 g/mol. The average Bonchev–Trinajstić information content (AvgIpc) is 2.69. The fraction of sp³-hybridized carbons (Fsp3) is 0.667. The molecule has 218 valence electrons. The van der Waals surface area contributed by atoms with Crippen LogP contribution in [0.2, 0.25) is 0 Å². The predicted molar refractivity (Wildman–Crippen MR) is 122 cm³/mol. The van der Waals surface area contributed by atoms with Gasteiger partial charge in [-0.3, -0.25) is 0 Å². The normalized spacial score (nSPS) is 13.3. The van der Waals surface area contributed by atoms with Crippen molar-refractivity contribution in [2.24, 2.45) is 0 Å². The Morgan fingerprint density at radius 2 is 0.351 bits per heavy atom. The predicted octanol–water partition coefficient (Wildman–Crippen LogP) is -3.67. The summed E-state index contributed by atoms with van der Waals surface area (Å²) in [4.78, 5) is 56.7. The van der Waals surface area contributed by atoms with Gasteiger partial charge in [0.05, 0.1) is 0 Å². The van der Waals surface area contributed by atoms with E-state index in [9.17, 15) is 28.8 Å². The molecule has 0 amide bonds. The number of carboxylic acid groups (broad SMARTS) is 6. The Labute approximate surface area is 241 Å². The molecule has 19 heteroatoms. The summed E-state index contributed by atoms with van der Waals surface area (Å²) in [5.41, 5.74) is 0. The first-order valence-electron chi connectivity index (χ1n) is 9.31. The maximum absolute atomic E-state index is 9.45. The van der Waals surface area contributed by atoms with E-state index in [0.717, 1.165) is 0 Å². The second kappa shape index (κ2) is 31.9. The van der Waals surface area contributed by atoms with Crippen LogP contribution in [0.5, 0.6) is 0 Å². The molecule has 6 atom stereocenters. The first-order valence-corrected chi connectivity index (χ1v) is 9.31. The number of aliphatic carboxylic acids is 6. The minimum atomic E-state index is -1.23. The first-order chi connectivity index (χ1) is 15.9. The molecule has 0 aliphatic rings. The van der Waals surface area contributed by atoms with Gasteiger partial charge in [-0.2, -0.15) is 0 Å². The fourth-order valence-corrected chi connectivity index (χ4v) is 0. The smallest absolute Gasteiger partial charge is 0.332 e. The summed E-state index contributed by atoms with van der Waals surface area (Å²) in [7, 11) is 0. The van der Waals surface area contributed by atoms with Gasteiger partial charge in [0.2, 0.25) is 0 Å². The van der Waals surface area contributed by atoms with Gasteiger partial charge < -0.3 is 61.3 Å². The molecule has 0 spiro atoms. The number of aliphatic hydroxyl groups excluding tert-OH is 6. The van der Waals surface area contributed by atoms with Gasteiger partial charge in [0.25, 0.3) is 0 Å². The van der Waals surface area contributed by atoms with Gasteiger partial charge in [-0.1, -0.05) is 0 Å². The van der Waals surface area contributed by atoms with Gasteiger partial charge >= 0.3 is 35.8 Å². The topological polar surface area (TPSA) is 345 Å². The van der Waals surface area contributed by atoms with Crippen LogP contribution < -0.4 is 0 Å². The molecule has 0 bridgehead atoms. The molecule has 0 aromatic heterocycles. The summed E-state index contributed by atoms with van der Waals surface area (Å²) in [6.07, 6.45) is -7.39. The van der Waals surface area contributed by atoms with Crippen LogP contribution in [0.15, 0.2) is 0 Å². The molecule has 0 aromatic carbocycles. The Kier molecular flexibility index (Phi) is 44.3. The zero-order valence-corrected chi connectivity index (χ0v) is 23.2. The summed E-state index contributed by atoms with van der Waals surface area (Å²) in [5.74, 6) is -7.11. The van der Waals surface area contributed by atoms with Crippen LogP contribution in [-0.4, -0.2) is 171 Å². The van der Waals surface area contributed by atoms with Crippen LogP contribution in [0.4, 0.5) is 0 Å². The van der Waals surface area contributed by atoms with Gasteiger partial charge in [-0.05, 0) is 41.5 Å². The second-order valence-electron chi connectivity index (χ2n) is 6.09. The standard InChI is InChI=1S/6C3H6O3.Ca/c6*1-2(4)3(5)6;/h6*2,4H,1H3,(H,5,6);. The number of carboxylic acids is 6. The molecule has 0 aliphatic carbocycles. The van der Waals surface area contributed by atoms with Crippen LogP contribution >= 0.6 is 0 Å². The molecule has 2 radical (unpaired) electrons. The monoisotopic (exact) mass is 580 g/mol. The third-order valence-corrected chi connectivity index (χ3v) is 2.14. The van der Waals surface area contributed by atoms with Crippen LogP contribution in [-0.2, 0) is 28.8 Å². The molecule has 37 heavy (non-hydrogen) atoms. The molecule has 0 heterocycles. The molecule has 12 N–H and O–H groups in total. The van der Waals surface area contributed by atoms with Gasteiger partial charge in [0.1, 0.15) is 36.6 Å². The minimum absolute atomic E-state index is 0. The molecular formula is C18H36CaO18. The number of carbonyl (C=O) groups is 6. The number of rotatable bonds is 6. The van der Waals surface area contributed by atoms with E-state index in [4.69, 9.17) is 61.3 Å². The molecule has 0 saturated carbocycles. The molecule has 0 aliphatic heterocycles. The molecule has 6 unspecified atom stereocenters. The van der Waals surface area contributed by atoms with E-state index in [1.54, 1.807) is 0 Å². The minimum Gasteiger partial charge on any atom is -0.479 e. The summed E-state index contributed by atoms with van der Waals surface area (Å²) in [6, 6.07) is 0. The molecule has 18 nitrogen and oxygen atoms in total. The van der Waals surface area contributed by atoms with Crippen LogP contribution in [0.1, 0.15) is 41.5 Å². The van der Waals surface area contributed by atoms with Crippen LogP contribution in [0, 0.1) is 0 Å². The third-order valence-electron chi connectivity index (χ3n) is 2.14. The summed E-state index contributed by atoms with van der Waals surface area (Å²) in [5, 5.41) is 94.6. The third kappa shape index (κ3) is 71.9. The van der Waals surface area contributed by atoms with Crippen molar-refractivity contribution in [3.8, 4) is 0 Å². The Hall–Kier alpha value is -2.16. The molecule has 0 rings (SSSR count). The van der Waals surface area contributed by atoms with E-state index < -0.39 is 72.4 Å². The number of hydrogen-bond acceptors (Lipinski definition) is 12. The SMILES string of the molecule is CC(O)C(=O)O.CC(O)C(=O)O.CC(O)C(=O)O.CC(O)C(=O)O.CC(O)C(=O)O.CC(O)C(=O)O.[Ca]. The van der Waals surface area contributed by atoms with E-state index in [0.29, 0.717) is 0 Å². The largest absolute Gasteiger partial charge is 0.479 e. The molecule has 0 saturated heterocycles. The van der Waals surface area contributed by atoms with E-state index in [1.165, 1.54) is 41.5 Å². The number of hydrogen-bond donors (Lipinski definition) is 12. The molecule has 0 aromatic rings. The van der Waals surface area contributed by atoms with Crippen molar-refractivity contribution in [1.29, 1.82) is 0 Å². The fourth-order valence-electron chi connectivity index (χ4n) is 0. The van der Waals surface area contributed by atoms with E-state index in [2.05, 4.69) is 0 Å². The Balaban J connectivity index is -0.0000000581. The van der Waals surface area contributed by atoms with Gasteiger partial charge in [0, 0.05) is 37.7 Å². The van der Waals surface area contributed by atoms with Crippen molar-refractivity contribution in [2.75, 3.05) is 0 Å². The van der Waals surface area contributed by atoms with Crippen molar-refractivity contribution >= 4 is 73.6 Å². The van der Waals surface area contributed by atoms with Gasteiger partial charge in [-0.25, -0.2) is 28.8 Å². The summed E-state index contributed by atoms with van der Waals surface area (Å²) < 4.78 is 0. The maximum Gasteiger partial charge on any atom is 0.332 e. The molecule has 0 fully saturated rings. The zero-order chi connectivity index (χ0) is 30.9. The quantitative estimate of drug-likeness (QED) is 0.135. The van der Waals surface area contributed by atoms with Crippen molar-refractivity contribution in [3.05, 3.63) is 0 Å². The van der Waals surface area contributed by atoms with Gasteiger partial charge in [-0.15, -0.1) is 0 Å². The van der Waals surface area contributed by atoms with E-state index >= 15 is 0 Å². The van der Waals surface area contributed by atoms with Crippen molar-refractivity contribution in [1.82, 2.24) is 0 Å². The van der Waals surface area contributed by atoms with Gasteiger partial charge in [0.15, 0.2) is 0 Å². The average molecular weight is 581 g/mol. The first kappa shape index (κ1) is 51.5. The Morgan fingerprint density at radius 3 is 0.351 bits per heavy atom. The van der Waals surface area contributed by atoms with Crippen LogP contribution in [0.3, 0.4) is 0 Å². The number of aliphatic hydroxyl groups is 6. The Morgan fingerprint density at radius 1 is 0.324 bits per heavy atom. The van der Waals surface area contributed by atoms with E-state index in [-0.39, 0.29) is 37.7 Å². The summed E-state index contributed by atoms with van der Waals surface area (Å²) >= 11 is 0. The van der Waals surface area contributed by atoms with Crippen molar-refractivity contribution in [2.45, 2.75) is 78.2 Å². The Bertz CT molecular complexity index is 489. The summed E-state index contributed by atoms with van der Waals surface area (Å²) in [6.45, 7) is 7.18. The maximum atomic E-state index is 9.45. The second-order valence-corrected chi connectivity index (χ2v) is 6.09. The van der Waals surface area contributed by atoms with Crippen LogP contribution in [0.25, 0.3) is 0 Å². The van der Waals surface area contributed by atoms with Crippen molar-refractivity contribution in [3.63, 3.8) is 0 Å².